The molecule has 33 heavy (non-hydrogen) atoms. The standard InChI is InChI=1S/C27H48O5Si/c1-20(2)29-27(21-15-14-16-22(17-21)30-33(12,13)25(9,10)11)26(31-32-27,24(6,7)8)19-28-18-23(3,4)5/h14-17,20H,18-19H2,1-13H3. The molecule has 0 N–H and O–H groups in total. The summed E-state index contributed by atoms with van der Waals surface area (Å²) >= 11 is 0. The lowest BCUT2D eigenvalue weighted by Crippen LogP contribution is -2.74. The summed E-state index contributed by atoms with van der Waals surface area (Å²) in [5, 5.41) is 0.0984. The number of hydrogen-bond donors (Lipinski definition) is 0. The minimum atomic E-state index is -2.00. The average Bonchev–Trinajstić information content (AvgIpc) is 2.59. The van der Waals surface area contributed by atoms with Crippen LogP contribution >= 0.6 is 0 Å². The van der Waals surface area contributed by atoms with Crippen LogP contribution in [0.2, 0.25) is 18.1 Å². The first-order valence-corrected chi connectivity index (χ1v) is 15.1. The van der Waals surface area contributed by atoms with E-state index in [1.165, 1.54) is 0 Å². The topological polar surface area (TPSA) is 46.2 Å². The van der Waals surface area contributed by atoms with Gasteiger partial charge in [-0.05, 0) is 49.5 Å². The van der Waals surface area contributed by atoms with E-state index in [4.69, 9.17) is 23.7 Å². The Morgan fingerprint density at radius 3 is 1.97 bits per heavy atom. The quantitative estimate of drug-likeness (QED) is 0.285. The van der Waals surface area contributed by atoms with Crippen molar-refractivity contribution in [1.29, 1.82) is 0 Å². The first-order valence-electron chi connectivity index (χ1n) is 12.2. The van der Waals surface area contributed by atoms with E-state index in [0.717, 1.165) is 11.3 Å². The number of benzene rings is 1. The van der Waals surface area contributed by atoms with E-state index in [9.17, 15) is 0 Å². The lowest BCUT2D eigenvalue weighted by Gasteiger charge is -2.61. The van der Waals surface area contributed by atoms with E-state index >= 15 is 0 Å². The number of ether oxygens (including phenoxy) is 2. The van der Waals surface area contributed by atoms with Crippen molar-refractivity contribution in [2.24, 2.45) is 10.8 Å². The van der Waals surface area contributed by atoms with Gasteiger partial charge < -0.3 is 13.9 Å². The van der Waals surface area contributed by atoms with Crippen LogP contribution in [-0.2, 0) is 25.0 Å². The molecule has 1 aliphatic heterocycles. The zero-order valence-corrected chi connectivity index (χ0v) is 24.3. The van der Waals surface area contributed by atoms with Crippen LogP contribution in [0, 0.1) is 10.8 Å². The maximum Gasteiger partial charge on any atom is 0.263 e. The third-order valence-corrected chi connectivity index (χ3v) is 11.0. The van der Waals surface area contributed by atoms with Gasteiger partial charge in [-0.25, -0.2) is 4.89 Å². The lowest BCUT2D eigenvalue weighted by molar-refractivity contribution is -0.643. The van der Waals surface area contributed by atoms with Gasteiger partial charge in [0.05, 0.1) is 19.3 Å². The molecule has 0 bridgehead atoms. The van der Waals surface area contributed by atoms with Crippen LogP contribution in [-0.4, -0.2) is 33.2 Å². The van der Waals surface area contributed by atoms with Crippen LogP contribution in [0.15, 0.2) is 24.3 Å². The Hall–Kier alpha value is -0.923. The molecular formula is C27H48O5Si. The Morgan fingerprint density at radius 1 is 0.939 bits per heavy atom. The van der Waals surface area contributed by atoms with Gasteiger partial charge in [-0.1, -0.05) is 74.4 Å². The highest BCUT2D eigenvalue weighted by atomic mass is 28.4. The van der Waals surface area contributed by atoms with Crippen LogP contribution in [0.3, 0.4) is 0 Å². The number of hydrogen-bond acceptors (Lipinski definition) is 5. The molecule has 2 atom stereocenters. The van der Waals surface area contributed by atoms with E-state index in [1.807, 2.05) is 32.0 Å². The molecule has 1 aromatic carbocycles. The fourth-order valence-electron chi connectivity index (χ4n) is 3.68. The van der Waals surface area contributed by atoms with Gasteiger partial charge in [-0.3, -0.25) is 0 Å². The van der Waals surface area contributed by atoms with Gasteiger partial charge in [-0.15, -0.1) is 0 Å². The molecule has 5 nitrogen and oxygen atoms in total. The molecule has 0 spiro atoms. The second-order valence-corrected chi connectivity index (χ2v) is 18.2. The van der Waals surface area contributed by atoms with Crippen molar-refractivity contribution in [1.82, 2.24) is 0 Å². The van der Waals surface area contributed by atoms with Crippen molar-refractivity contribution in [2.75, 3.05) is 13.2 Å². The lowest BCUT2D eigenvalue weighted by atomic mass is 9.68. The molecular weight excluding hydrogens is 432 g/mol. The summed E-state index contributed by atoms with van der Waals surface area (Å²) in [6.45, 7) is 29.1. The van der Waals surface area contributed by atoms with Crippen LogP contribution in [0.25, 0.3) is 0 Å². The van der Waals surface area contributed by atoms with Crippen molar-refractivity contribution >= 4 is 8.32 Å². The fourth-order valence-corrected chi connectivity index (χ4v) is 4.70. The monoisotopic (exact) mass is 480 g/mol. The van der Waals surface area contributed by atoms with Gasteiger partial charge in [0.1, 0.15) is 5.75 Å². The first kappa shape index (κ1) is 28.3. The average molecular weight is 481 g/mol. The van der Waals surface area contributed by atoms with Gasteiger partial charge >= 0.3 is 0 Å². The highest BCUT2D eigenvalue weighted by molar-refractivity contribution is 6.74. The van der Waals surface area contributed by atoms with E-state index in [-0.39, 0.29) is 22.0 Å². The molecule has 0 saturated carbocycles. The van der Waals surface area contributed by atoms with Crippen LogP contribution in [0.1, 0.15) is 81.7 Å². The molecule has 1 heterocycles. The summed E-state index contributed by atoms with van der Waals surface area (Å²) in [6, 6.07) is 8.11. The fraction of sp³-hybridized carbons (Fsp3) is 0.778. The van der Waals surface area contributed by atoms with E-state index in [0.29, 0.717) is 13.2 Å². The van der Waals surface area contributed by atoms with E-state index in [2.05, 4.69) is 81.5 Å². The Kier molecular flexibility index (Phi) is 7.95. The SMILES string of the molecule is CC(C)OC1(c2cccc(O[Si](C)(C)C(C)(C)C)c2)OOC1(COCC(C)(C)C)C(C)(C)C. The molecule has 0 aromatic heterocycles. The predicted octanol–water partition coefficient (Wildman–Crippen LogP) is 7.46. The minimum Gasteiger partial charge on any atom is -0.543 e. The van der Waals surface area contributed by atoms with Gasteiger partial charge in [0, 0.05) is 11.0 Å². The first-order chi connectivity index (χ1) is 14.8. The smallest absolute Gasteiger partial charge is 0.263 e. The number of rotatable bonds is 8. The Morgan fingerprint density at radius 2 is 1.55 bits per heavy atom. The molecule has 6 heteroatoms. The maximum absolute atomic E-state index is 6.61. The van der Waals surface area contributed by atoms with E-state index < -0.39 is 19.7 Å². The van der Waals surface area contributed by atoms with Crippen molar-refractivity contribution in [3.63, 3.8) is 0 Å². The molecule has 2 unspecified atom stereocenters. The van der Waals surface area contributed by atoms with Crippen molar-refractivity contribution in [3.05, 3.63) is 29.8 Å². The zero-order valence-electron chi connectivity index (χ0n) is 23.3. The summed E-state index contributed by atoms with van der Waals surface area (Å²) in [6.07, 6.45) is -0.0804. The molecule has 2 rings (SSSR count). The third kappa shape index (κ3) is 5.84. The Balaban J connectivity index is 2.53. The molecule has 0 radical (unpaired) electrons. The molecule has 1 fully saturated rings. The minimum absolute atomic E-state index is 0.0438. The molecule has 0 amide bonds. The Bertz CT molecular complexity index is 800. The predicted molar refractivity (Wildman–Crippen MR) is 137 cm³/mol. The zero-order chi connectivity index (χ0) is 25.5. The maximum atomic E-state index is 6.61. The van der Waals surface area contributed by atoms with Crippen molar-refractivity contribution < 1.29 is 23.7 Å². The highest BCUT2D eigenvalue weighted by Crippen LogP contribution is 2.58. The van der Waals surface area contributed by atoms with Crippen molar-refractivity contribution in [2.45, 2.75) is 112 Å². The van der Waals surface area contributed by atoms with Crippen LogP contribution in [0.4, 0.5) is 0 Å². The third-order valence-electron chi connectivity index (χ3n) is 6.68. The second kappa shape index (κ2) is 9.27. The summed E-state index contributed by atoms with van der Waals surface area (Å²) in [4.78, 5) is 11.9. The molecule has 1 aromatic rings. The van der Waals surface area contributed by atoms with Gasteiger partial charge in [0.2, 0.25) is 8.32 Å². The summed E-state index contributed by atoms with van der Waals surface area (Å²) < 4.78 is 19.4. The van der Waals surface area contributed by atoms with Gasteiger partial charge in [-0.2, -0.15) is 4.89 Å². The Labute approximate surface area is 203 Å². The summed E-state index contributed by atoms with van der Waals surface area (Å²) in [7, 11) is -2.00. The highest BCUT2D eigenvalue weighted by Gasteiger charge is 2.72. The van der Waals surface area contributed by atoms with Crippen LogP contribution in [0.5, 0.6) is 5.75 Å². The summed E-state index contributed by atoms with van der Waals surface area (Å²) in [5.74, 6) is -0.274. The van der Waals surface area contributed by atoms with E-state index in [1.54, 1.807) is 0 Å². The molecule has 190 valence electrons. The second-order valence-electron chi connectivity index (χ2n) is 13.5. The summed E-state index contributed by atoms with van der Waals surface area (Å²) in [5.41, 5.74) is -0.227. The van der Waals surface area contributed by atoms with Gasteiger partial charge in [0.25, 0.3) is 5.79 Å². The molecule has 0 aliphatic carbocycles. The molecule has 1 saturated heterocycles. The van der Waals surface area contributed by atoms with Crippen LogP contribution < -0.4 is 4.43 Å². The normalized spacial score (nSPS) is 24.7. The largest absolute Gasteiger partial charge is 0.543 e. The molecule has 1 aliphatic rings. The van der Waals surface area contributed by atoms with Gasteiger partial charge in [0.15, 0.2) is 5.60 Å². The van der Waals surface area contributed by atoms with Crippen molar-refractivity contribution in [3.8, 4) is 5.75 Å².